The molecule has 0 saturated carbocycles. The van der Waals surface area contributed by atoms with Crippen LogP contribution in [0.3, 0.4) is 0 Å². The molecule has 0 unspecified atom stereocenters. The van der Waals surface area contributed by atoms with Gasteiger partial charge >= 0.3 is 0 Å². The first kappa shape index (κ1) is 14.7. The fourth-order valence-corrected chi connectivity index (χ4v) is 2.20. The Bertz CT molecular complexity index is 547. The maximum Gasteiger partial charge on any atom is 0.121 e. The zero-order chi connectivity index (χ0) is 14.5. The zero-order valence-corrected chi connectivity index (χ0v) is 12.5. The molecule has 0 aliphatic heterocycles. The molecule has 2 rings (SSSR count). The minimum atomic E-state index is 0.230. The van der Waals surface area contributed by atoms with E-state index in [1.807, 2.05) is 14.1 Å². The molecule has 0 radical (unpaired) electrons. The molecule has 106 valence electrons. The number of nitrogens with zero attached hydrogens (tertiary/aromatic N) is 1. The predicted molar refractivity (Wildman–Crippen MR) is 84.4 cm³/mol. The van der Waals surface area contributed by atoms with Gasteiger partial charge in [0.05, 0.1) is 0 Å². The third-order valence-electron chi connectivity index (χ3n) is 3.18. The van der Waals surface area contributed by atoms with E-state index >= 15 is 0 Å². The summed E-state index contributed by atoms with van der Waals surface area (Å²) in [6.07, 6.45) is 0. The number of nitrogens with one attached hydrogen (secondary N) is 1. The Balaban J connectivity index is 1.93. The average Bonchev–Trinajstić information content (AvgIpc) is 2.42. The SMILES string of the molecule is CN(C)c1ccc(CNCc2c(O)cccc2Cl)cc1. The number of hydrogen-bond donors (Lipinski definition) is 2. The van der Waals surface area contributed by atoms with Gasteiger partial charge in [0.15, 0.2) is 0 Å². The Morgan fingerprint density at radius 3 is 2.35 bits per heavy atom. The maximum atomic E-state index is 9.76. The molecule has 4 heteroatoms. The van der Waals surface area contributed by atoms with Crippen molar-refractivity contribution in [2.45, 2.75) is 13.1 Å². The zero-order valence-electron chi connectivity index (χ0n) is 11.7. The van der Waals surface area contributed by atoms with Crippen LogP contribution < -0.4 is 10.2 Å². The number of phenolic OH excluding ortho intramolecular Hbond substituents is 1. The highest BCUT2D eigenvalue weighted by Crippen LogP contribution is 2.24. The van der Waals surface area contributed by atoms with Gasteiger partial charge in [-0.25, -0.2) is 0 Å². The Morgan fingerprint density at radius 2 is 1.75 bits per heavy atom. The van der Waals surface area contributed by atoms with Crippen molar-refractivity contribution in [2.75, 3.05) is 19.0 Å². The van der Waals surface area contributed by atoms with Crippen LogP contribution in [-0.4, -0.2) is 19.2 Å². The molecule has 0 bridgehead atoms. The van der Waals surface area contributed by atoms with Gasteiger partial charge in [0, 0.05) is 43.5 Å². The number of phenols is 1. The van der Waals surface area contributed by atoms with E-state index in [1.54, 1.807) is 18.2 Å². The molecular formula is C16H19ClN2O. The number of benzene rings is 2. The second kappa shape index (κ2) is 6.64. The van der Waals surface area contributed by atoms with E-state index in [-0.39, 0.29) is 5.75 Å². The lowest BCUT2D eigenvalue weighted by Gasteiger charge is -2.13. The molecule has 0 amide bonds. The summed E-state index contributed by atoms with van der Waals surface area (Å²) in [5.41, 5.74) is 3.11. The van der Waals surface area contributed by atoms with Crippen molar-refractivity contribution in [3.05, 3.63) is 58.6 Å². The molecule has 2 aromatic carbocycles. The first-order valence-corrected chi connectivity index (χ1v) is 6.89. The van der Waals surface area contributed by atoms with Gasteiger partial charge in [-0.2, -0.15) is 0 Å². The lowest BCUT2D eigenvalue weighted by molar-refractivity contribution is 0.464. The van der Waals surface area contributed by atoms with Gasteiger partial charge in [-0.1, -0.05) is 29.8 Å². The summed E-state index contributed by atoms with van der Waals surface area (Å²) in [6, 6.07) is 13.5. The van der Waals surface area contributed by atoms with Crippen molar-refractivity contribution in [1.82, 2.24) is 5.32 Å². The normalized spacial score (nSPS) is 10.6. The van der Waals surface area contributed by atoms with Crippen LogP contribution >= 0.6 is 11.6 Å². The number of hydrogen-bond acceptors (Lipinski definition) is 3. The predicted octanol–water partition coefficient (Wildman–Crippen LogP) is 3.40. The largest absolute Gasteiger partial charge is 0.508 e. The minimum Gasteiger partial charge on any atom is -0.508 e. The smallest absolute Gasteiger partial charge is 0.121 e. The van der Waals surface area contributed by atoms with Gasteiger partial charge in [0.1, 0.15) is 5.75 Å². The van der Waals surface area contributed by atoms with Gasteiger partial charge in [-0.05, 0) is 29.8 Å². The summed E-state index contributed by atoms with van der Waals surface area (Å²) >= 11 is 6.06. The number of halogens is 1. The molecule has 20 heavy (non-hydrogen) atoms. The summed E-state index contributed by atoms with van der Waals surface area (Å²) in [4.78, 5) is 2.07. The van der Waals surface area contributed by atoms with Crippen molar-refractivity contribution >= 4 is 17.3 Å². The number of anilines is 1. The lowest BCUT2D eigenvalue weighted by atomic mass is 10.1. The third-order valence-corrected chi connectivity index (χ3v) is 3.53. The Kier molecular flexibility index (Phi) is 4.88. The Hall–Kier alpha value is -1.71. The molecule has 0 saturated heterocycles. The molecular weight excluding hydrogens is 272 g/mol. The summed E-state index contributed by atoms with van der Waals surface area (Å²) in [7, 11) is 4.04. The van der Waals surface area contributed by atoms with E-state index in [9.17, 15) is 5.11 Å². The van der Waals surface area contributed by atoms with E-state index in [0.29, 0.717) is 11.6 Å². The van der Waals surface area contributed by atoms with Gasteiger partial charge in [0.25, 0.3) is 0 Å². The standard InChI is InChI=1S/C16H19ClN2O/c1-19(2)13-8-6-12(7-9-13)10-18-11-14-15(17)4-3-5-16(14)20/h3-9,18,20H,10-11H2,1-2H3. The van der Waals surface area contributed by atoms with Crippen molar-refractivity contribution in [3.63, 3.8) is 0 Å². The van der Waals surface area contributed by atoms with Gasteiger partial charge in [0.2, 0.25) is 0 Å². The molecule has 2 N–H and O–H groups in total. The molecule has 0 fully saturated rings. The molecule has 0 aliphatic rings. The Labute approximate surface area is 124 Å². The molecule has 0 spiro atoms. The van der Waals surface area contributed by atoms with Gasteiger partial charge < -0.3 is 15.3 Å². The van der Waals surface area contributed by atoms with Gasteiger partial charge in [-0.15, -0.1) is 0 Å². The first-order chi connectivity index (χ1) is 9.58. The molecule has 3 nitrogen and oxygen atoms in total. The van der Waals surface area contributed by atoms with Crippen LogP contribution in [0.2, 0.25) is 5.02 Å². The average molecular weight is 291 g/mol. The molecule has 2 aromatic rings. The van der Waals surface area contributed by atoms with Crippen LogP contribution in [0.15, 0.2) is 42.5 Å². The maximum absolute atomic E-state index is 9.76. The van der Waals surface area contributed by atoms with E-state index in [4.69, 9.17) is 11.6 Å². The highest BCUT2D eigenvalue weighted by molar-refractivity contribution is 6.31. The third kappa shape index (κ3) is 3.65. The van der Waals surface area contributed by atoms with Crippen molar-refractivity contribution < 1.29 is 5.11 Å². The molecule has 0 aliphatic carbocycles. The topological polar surface area (TPSA) is 35.5 Å². The minimum absolute atomic E-state index is 0.230. The van der Waals surface area contributed by atoms with E-state index in [0.717, 1.165) is 12.1 Å². The van der Waals surface area contributed by atoms with Crippen LogP contribution in [0, 0.1) is 0 Å². The van der Waals surface area contributed by atoms with Crippen molar-refractivity contribution in [3.8, 4) is 5.75 Å². The summed E-state index contributed by atoms with van der Waals surface area (Å²) in [6.45, 7) is 1.28. The summed E-state index contributed by atoms with van der Waals surface area (Å²) in [5, 5.41) is 13.6. The highest BCUT2D eigenvalue weighted by atomic mass is 35.5. The fraction of sp³-hybridized carbons (Fsp3) is 0.250. The van der Waals surface area contributed by atoms with Crippen molar-refractivity contribution in [2.24, 2.45) is 0 Å². The van der Waals surface area contributed by atoms with Crippen LogP contribution in [0.5, 0.6) is 5.75 Å². The summed E-state index contributed by atoms with van der Waals surface area (Å²) in [5.74, 6) is 0.230. The quantitative estimate of drug-likeness (QED) is 0.886. The second-order valence-corrected chi connectivity index (χ2v) is 5.31. The van der Waals surface area contributed by atoms with Crippen LogP contribution in [-0.2, 0) is 13.1 Å². The monoisotopic (exact) mass is 290 g/mol. The van der Waals surface area contributed by atoms with E-state index in [2.05, 4.69) is 34.5 Å². The fourth-order valence-electron chi connectivity index (χ4n) is 1.97. The first-order valence-electron chi connectivity index (χ1n) is 6.51. The molecule has 0 atom stereocenters. The van der Waals surface area contributed by atoms with E-state index in [1.165, 1.54) is 11.3 Å². The Morgan fingerprint density at radius 1 is 1.05 bits per heavy atom. The number of aromatic hydroxyl groups is 1. The summed E-state index contributed by atoms with van der Waals surface area (Å²) < 4.78 is 0. The molecule has 0 aromatic heterocycles. The number of rotatable bonds is 5. The van der Waals surface area contributed by atoms with Crippen LogP contribution in [0.1, 0.15) is 11.1 Å². The lowest BCUT2D eigenvalue weighted by Crippen LogP contribution is -2.13. The van der Waals surface area contributed by atoms with Crippen molar-refractivity contribution in [1.29, 1.82) is 0 Å². The van der Waals surface area contributed by atoms with Gasteiger partial charge in [-0.3, -0.25) is 0 Å². The van der Waals surface area contributed by atoms with Crippen LogP contribution in [0.25, 0.3) is 0 Å². The van der Waals surface area contributed by atoms with Crippen LogP contribution in [0.4, 0.5) is 5.69 Å². The van der Waals surface area contributed by atoms with E-state index < -0.39 is 0 Å². The molecule has 0 heterocycles. The second-order valence-electron chi connectivity index (χ2n) is 4.90. The highest BCUT2D eigenvalue weighted by Gasteiger charge is 2.05.